The van der Waals surface area contributed by atoms with Gasteiger partial charge in [0.15, 0.2) is 22.3 Å². The van der Waals surface area contributed by atoms with Gasteiger partial charge in [0.2, 0.25) is 23.6 Å². The van der Waals surface area contributed by atoms with Crippen LogP contribution in [0.3, 0.4) is 0 Å². The topological polar surface area (TPSA) is 135 Å². The van der Waals surface area contributed by atoms with Gasteiger partial charge in [-0.15, -0.1) is 0 Å². The van der Waals surface area contributed by atoms with Crippen molar-refractivity contribution in [3.63, 3.8) is 0 Å². The molecule has 9 aromatic carbocycles. The third-order valence-corrected chi connectivity index (χ3v) is 18.2. The molecule has 0 amide bonds. The van der Waals surface area contributed by atoms with E-state index in [1.54, 1.807) is 0 Å². The Kier molecular flexibility index (Phi) is 13.8. The van der Waals surface area contributed by atoms with Crippen molar-refractivity contribution in [2.24, 2.45) is 10.2 Å². The maximum atomic E-state index is 6.34. The van der Waals surface area contributed by atoms with E-state index in [-0.39, 0.29) is 33.7 Å². The lowest BCUT2D eigenvalue weighted by atomic mass is 9.87. The van der Waals surface area contributed by atoms with Crippen LogP contribution in [-0.4, -0.2) is 31.4 Å². The maximum absolute atomic E-state index is 6.34. The molecule has 12 nitrogen and oxygen atoms in total. The van der Waals surface area contributed by atoms with E-state index in [2.05, 4.69) is 263 Å². The van der Waals surface area contributed by atoms with Gasteiger partial charge in [0.25, 0.3) is 0 Å². The second-order valence-electron chi connectivity index (χ2n) is 28.9. The van der Waals surface area contributed by atoms with Gasteiger partial charge >= 0.3 is 0 Å². The van der Waals surface area contributed by atoms with Crippen molar-refractivity contribution in [3.8, 4) is 45.8 Å². The highest BCUT2D eigenvalue weighted by Gasteiger charge is 2.34. The van der Waals surface area contributed by atoms with Crippen LogP contribution in [0.25, 0.3) is 90.2 Å². The standard InChI is InChI=1S/C80H74N8O4/c1-77(2,3)55-29-37-69-63(41-55)81-73(89-69)51-21-17-49(18-22-51)67-45-61(85-87(67)59-33-25-53(26-34-59)75-83-65-43-57(79(7,8)9)31-39-71(65)91-75)47-13-15-48(16-14-47)62-46-68(50-19-23-52(24-20-50)74-82-64-42-56(78(4,5)6)30-38-70(64)90-74)88(86-62)60-35-27-54(28-36-60)76-84-66-44-58(80(10,11)12)32-40-72(66)92-76/h13-44,67-68H,45-46H2,1-12H3. The molecule has 0 spiro atoms. The molecule has 458 valence electrons. The minimum atomic E-state index is -0.109. The summed E-state index contributed by atoms with van der Waals surface area (Å²) in [5.74, 6) is 2.35. The second-order valence-corrected chi connectivity index (χ2v) is 28.9. The number of benzene rings is 9. The van der Waals surface area contributed by atoms with Gasteiger partial charge in [-0.25, -0.2) is 19.9 Å². The monoisotopic (exact) mass is 1210 g/mol. The molecule has 6 heterocycles. The quantitative estimate of drug-likeness (QED) is 0.130. The van der Waals surface area contributed by atoms with Crippen molar-refractivity contribution in [2.75, 3.05) is 10.0 Å². The van der Waals surface area contributed by atoms with Crippen LogP contribution in [0.2, 0.25) is 0 Å². The molecule has 0 fully saturated rings. The molecule has 0 radical (unpaired) electrons. The van der Waals surface area contributed by atoms with Crippen LogP contribution in [0.15, 0.2) is 222 Å². The van der Waals surface area contributed by atoms with Crippen LogP contribution in [0.5, 0.6) is 0 Å². The number of anilines is 2. The van der Waals surface area contributed by atoms with Gasteiger partial charge in [-0.3, -0.25) is 10.0 Å². The molecule has 4 aromatic heterocycles. The van der Waals surface area contributed by atoms with Crippen molar-refractivity contribution < 1.29 is 17.7 Å². The summed E-state index contributed by atoms with van der Waals surface area (Å²) in [4.78, 5) is 19.8. The predicted octanol–water partition coefficient (Wildman–Crippen LogP) is 20.8. The van der Waals surface area contributed by atoms with Gasteiger partial charge in [0.1, 0.15) is 22.1 Å². The summed E-state index contributed by atoms with van der Waals surface area (Å²) in [5, 5.41) is 15.2. The number of oxazole rings is 4. The Hall–Kier alpha value is -10.2. The van der Waals surface area contributed by atoms with Crippen LogP contribution >= 0.6 is 0 Å². The first kappa shape index (κ1) is 58.2. The summed E-state index contributed by atoms with van der Waals surface area (Å²) in [7, 11) is 0. The van der Waals surface area contributed by atoms with Crippen molar-refractivity contribution in [2.45, 2.75) is 130 Å². The van der Waals surface area contributed by atoms with Crippen LogP contribution in [0.1, 0.15) is 153 Å². The van der Waals surface area contributed by atoms with Crippen molar-refractivity contribution in [3.05, 3.63) is 239 Å². The van der Waals surface area contributed by atoms with E-state index in [4.69, 9.17) is 47.8 Å². The number of aromatic nitrogens is 4. The average Bonchev–Trinajstić information content (AvgIpc) is 1.68. The fourth-order valence-electron chi connectivity index (χ4n) is 12.5. The zero-order valence-corrected chi connectivity index (χ0v) is 54.3. The third kappa shape index (κ3) is 11.0. The first-order valence-corrected chi connectivity index (χ1v) is 31.9. The molecule has 15 rings (SSSR count). The summed E-state index contributed by atoms with van der Waals surface area (Å²) in [6, 6.07) is 67.6. The molecule has 2 atom stereocenters. The highest BCUT2D eigenvalue weighted by molar-refractivity contribution is 6.06. The average molecular weight is 1210 g/mol. The van der Waals surface area contributed by atoms with Gasteiger partial charge in [-0.2, -0.15) is 10.2 Å². The Morgan fingerprint density at radius 3 is 0.783 bits per heavy atom. The fourth-order valence-corrected chi connectivity index (χ4v) is 12.5. The van der Waals surface area contributed by atoms with E-state index < -0.39 is 0 Å². The summed E-state index contributed by atoms with van der Waals surface area (Å²) in [6.07, 6.45) is 1.35. The molecule has 2 aliphatic rings. The van der Waals surface area contributed by atoms with E-state index >= 15 is 0 Å². The first-order chi connectivity index (χ1) is 44.0. The van der Waals surface area contributed by atoms with Crippen LogP contribution < -0.4 is 10.0 Å². The number of fused-ring (bicyclic) bond motifs is 4. The minimum Gasteiger partial charge on any atom is -0.436 e. The van der Waals surface area contributed by atoms with Crippen molar-refractivity contribution in [1.82, 2.24) is 19.9 Å². The van der Waals surface area contributed by atoms with E-state index in [1.165, 1.54) is 22.3 Å². The predicted molar refractivity (Wildman–Crippen MR) is 372 cm³/mol. The first-order valence-electron chi connectivity index (χ1n) is 31.9. The number of hydrogen-bond donors (Lipinski definition) is 0. The molecule has 0 aliphatic carbocycles. The van der Waals surface area contributed by atoms with Gasteiger partial charge in [0.05, 0.1) is 34.9 Å². The molecule has 12 heteroatoms. The van der Waals surface area contributed by atoms with E-state index in [0.29, 0.717) is 36.4 Å². The van der Waals surface area contributed by atoms with Gasteiger partial charge in [-0.1, -0.05) is 156 Å². The largest absolute Gasteiger partial charge is 0.436 e. The molecular weight excluding hydrogens is 1140 g/mol. The van der Waals surface area contributed by atoms with Crippen LogP contribution in [0.4, 0.5) is 11.4 Å². The molecule has 0 bridgehead atoms. The lowest BCUT2D eigenvalue weighted by molar-refractivity contribution is 0.589. The summed E-state index contributed by atoms with van der Waals surface area (Å²) in [6.45, 7) is 26.5. The van der Waals surface area contributed by atoms with Gasteiger partial charge in [0, 0.05) is 35.1 Å². The highest BCUT2D eigenvalue weighted by Crippen LogP contribution is 2.43. The normalized spacial score (nSPS) is 15.8. The highest BCUT2D eigenvalue weighted by atomic mass is 16.4. The molecule has 92 heavy (non-hydrogen) atoms. The Morgan fingerprint density at radius 2 is 0.533 bits per heavy atom. The Morgan fingerprint density at radius 1 is 0.293 bits per heavy atom. The SMILES string of the molecule is CC(C)(C)c1ccc2oc(-c3ccc(C4CC(c5ccc(C6=NN(c7ccc(-c8nc9cc(C(C)(C)C)ccc9o8)cc7)C(c7ccc(-c8nc9cc(C(C)(C)C)ccc9o8)cc7)C6)cc5)=NN4c4ccc(-c5nc6cc(C(C)(C)C)ccc6o5)cc4)cc3)nc2c1. The molecule has 2 aliphatic heterocycles. The molecule has 13 aromatic rings. The molecule has 2 unspecified atom stereocenters. The van der Waals surface area contributed by atoms with E-state index in [0.717, 1.165) is 112 Å². The fraction of sp³-hybridized carbons (Fsp3) is 0.250. The minimum absolute atomic E-state index is 0.00417. The van der Waals surface area contributed by atoms with Crippen molar-refractivity contribution >= 4 is 67.2 Å². The number of hydrazone groups is 2. The lowest BCUT2D eigenvalue weighted by Crippen LogP contribution is -2.18. The Balaban J connectivity index is 0.738. The number of nitrogens with zero attached hydrogens (tertiary/aromatic N) is 8. The Labute approximate surface area is 536 Å². The Bertz CT molecular complexity index is 4700. The van der Waals surface area contributed by atoms with Crippen molar-refractivity contribution in [1.29, 1.82) is 0 Å². The molecule has 0 saturated carbocycles. The smallest absolute Gasteiger partial charge is 0.227 e. The van der Waals surface area contributed by atoms with E-state index in [9.17, 15) is 0 Å². The summed E-state index contributed by atoms with van der Waals surface area (Å²) >= 11 is 0. The second kappa shape index (κ2) is 21.8. The molecular formula is C80H74N8O4. The van der Waals surface area contributed by atoms with Gasteiger partial charge in [-0.05, 0) is 187 Å². The van der Waals surface area contributed by atoms with E-state index in [1.807, 2.05) is 24.3 Å². The summed E-state index contributed by atoms with van der Waals surface area (Å²) in [5.41, 5.74) is 23.1. The zero-order valence-electron chi connectivity index (χ0n) is 54.3. The van der Waals surface area contributed by atoms with Crippen LogP contribution in [-0.2, 0) is 21.7 Å². The lowest BCUT2D eigenvalue weighted by Gasteiger charge is -2.24. The number of rotatable bonds is 10. The molecule has 0 N–H and O–H groups in total. The number of hydrogen-bond acceptors (Lipinski definition) is 12. The van der Waals surface area contributed by atoms with Gasteiger partial charge < -0.3 is 17.7 Å². The maximum Gasteiger partial charge on any atom is 0.227 e. The molecule has 0 saturated heterocycles. The summed E-state index contributed by atoms with van der Waals surface area (Å²) < 4.78 is 25.3. The third-order valence-electron chi connectivity index (χ3n) is 18.2. The van der Waals surface area contributed by atoms with Crippen LogP contribution in [0, 0.1) is 0 Å². The zero-order chi connectivity index (χ0) is 63.6.